The van der Waals surface area contributed by atoms with Crippen LogP contribution in [0.15, 0.2) is 36.5 Å². The minimum absolute atomic E-state index is 0.0437. The molecule has 0 fully saturated rings. The topological polar surface area (TPSA) is 111 Å². The van der Waals surface area contributed by atoms with Gasteiger partial charge in [-0.05, 0) is 63.9 Å². The number of nitrogens with one attached hydrogen (secondary N) is 1. The lowest BCUT2D eigenvalue weighted by Crippen LogP contribution is -2.47. The lowest BCUT2D eigenvalue weighted by atomic mass is 10.0. The first-order chi connectivity index (χ1) is 43.4. The predicted molar refractivity (Wildman–Crippen MR) is 388 cm³/mol. The normalized spacial score (nSPS) is 13.6. The number of carbonyl (C=O) groups excluding carboxylic acids is 2. The third-order valence-corrected chi connectivity index (χ3v) is 19.1. The third kappa shape index (κ3) is 70.4. The zero-order chi connectivity index (χ0) is 64.9. The van der Waals surface area contributed by atoms with Gasteiger partial charge in [0.2, 0.25) is 5.91 Å². The maximum absolute atomic E-state index is 13.6. The van der Waals surface area contributed by atoms with Crippen LogP contribution in [-0.4, -0.2) is 74.3 Å². The number of phosphoric acid groups is 1. The van der Waals surface area contributed by atoms with Gasteiger partial charge >= 0.3 is 13.8 Å². The highest BCUT2D eigenvalue weighted by Gasteiger charge is 2.30. The molecular weight excluding hydrogens is 1120 g/mol. The molecule has 2 N–H and O–H groups in total. The highest BCUT2D eigenvalue weighted by molar-refractivity contribution is 7.47. The second-order valence-corrected chi connectivity index (χ2v) is 29.7. The summed E-state index contributed by atoms with van der Waals surface area (Å²) < 4.78 is 30.9. The van der Waals surface area contributed by atoms with Gasteiger partial charge in [-0.3, -0.25) is 18.6 Å². The molecule has 0 radical (unpaired) electrons. The molecule has 0 saturated heterocycles. The van der Waals surface area contributed by atoms with Crippen LogP contribution in [0.4, 0.5) is 0 Å². The monoisotopic (exact) mass is 1270 g/mol. The second kappa shape index (κ2) is 69.1. The molecular formula is C79H154N2O7P+. The van der Waals surface area contributed by atoms with E-state index in [4.69, 9.17) is 13.8 Å². The van der Waals surface area contributed by atoms with Gasteiger partial charge in [-0.25, -0.2) is 4.57 Å². The van der Waals surface area contributed by atoms with E-state index in [2.05, 4.69) is 56.5 Å². The second-order valence-electron chi connectivity index (χ2n) is 28.2. The zero-order valence-electron chi connectivity index (χ0n) is 60.5. The molecule has 89 heavy (non-hydrogen) atoms. The number of ether oxygens (including phenoxy) is 1. The van der Waals surface area contributed by atoms with E-state index in [1.165, 1.54) is 308 Å². The standard InChI is InChI=1S/C79H153N2O7P/c1-7-10-13-16-19-22-25-27-29-31-33-35-37-39-40-42-44-46-48-50-52-54-57-60-63-66-69-72-79(83)88-77(70-67-64-61-58-55-24-21-18-15-12-9-3)76(75-87-89(84,85)86-74-73-81(4,5)6)80-78(82)71-68-65-62-59-56-53-51-49-47-45-43-41-38-36-34-32-30-28-26-23-20-17-14-11-8-2/h20,23,28,30,67,70,76-77H,7-19,21-22,24-27,29,31-66,68-69,71-75H2,1-6H3,(H-,80,82,84,85)/p+1/b23-20-,30-28-,70-67+. The molecule has 0 aromatic heterocycles. The molecule has 0 heterocycles. The molecule has 1 amide bonds. The van der Waals surface area contributed by atoms with Gasteiger partial charge in [0.05, 0.1) is 33.8 Å². The van der Waals surface area contributed by atoms with E-state index < -0.39 is 20.0 Å². The van der Waals surface area contributed by atoms with Gasteiger partial charge in [-0.2, -0.15) is 0 Å². The number of carbonyl (C=O) groups is 2. The maximum atomic E-state index is 13.6. The van der Waals surface area contributed by atoms with Crippen LogP contribution in [0.2, 0.25) is 0 Å². The Morgan fingerprint density at radius 2 is 0.685 bits per heavy atom. The summed E-state index contributed by atoms with van der Waals surface area (Å²) >= 11 is 0. The number of hydrogen-bond donors (Lipinski definition) is 2. The molecule has 3 unspecified atom stereocenters. The average molecular weight is 1280 g/mol. The van der Waals surface area contributed by atoms with Crippen molar-refractivity contribution in [2.24, 2.45) is 0 Å². The van der Waals surface area contributed by atoms with Crippen molar-refractivity contribution in [1.29, 1.82) is 0 Å². The van der Waals surface area contributed by atoms with Crippen molar-refractivity contribution >= 4 is 19.7 Å². The SMILES string of the molecule is CCCCC/C=C\C/C=C\CCCCCCCCCCCCCCCCCC(=O)NC(COP(=O)(O)OCC[N+](C)(C)C)C(/C=C/CCCCCCCCCCC)OC(=O)CCCCCCCCCCCCCCCCCCCCCCCCCCCCC. The summed E-state index contributed by atoms with van der Waals surface area (Å²) in [5.41, 5.74) is 0. The number of quaternary nitrogens is 1. The van der Waals surface area contributed by atoms with Crippen LogP contribution in [0, 0.1) is 0 Å². The van der Waals surface area contributed by atoms with Gasteiger partial charge in [-0.1, -0.05) is 366 Å². The molecule has 0 aliphatic carbocycles. The van der Waals surface area contributed by atoms with Crippen LogP contribution < -0.4 is 5.32 Å². The van der Waals surface area contributed by atoms with Crippen molar-refractivity contribution in [3.05, 3.63) is 36.5 Å². The summed E-state index contributed by atoms with van der Waals surface area (Å²) in [6.45, 7) is 7.06. The van der Waals surface area contributed by atoms with Crippen molar-refractivity contribution in [3.8, 4) is 0 Å². The molecule has 10 heteroatoms. The molecule has 0 aliphatic heterocycles. The van der Waals surface area contributed by atoms with Crippen LogP contribution in [-0.2, 0) is 27.9 Å². The first kappa shape index (κ1) is 87.2. The van der Waals surface area contributed by atoms with E-state index in [0.717, 1.165) is 64.2 Å². The number of hydrogen-bond acceptors (Lipinski definition) is 6. The molecule has 0 aliphatic rings. The quantitative estimate of drug-likeness (QED) is 0.0205. The van der Waals surface area contributed by atoms with Crippen molar-refractivity contribution < 1.29 is 37.3 Å². The zero-order valence-corrected chi connectivity index (χ0v) is 61.4. The van der Waals surface area contributed by atoms with Gasteiger partial charge in [0.25, 0.3) is 0 Å². The van der Waals surface area contributed by atoms with E-state index >= 15 is 0 Å². The number of allylic oxidation sites excluding steroid dienone is 5. The number of nitrogens with zero attached hydrogens (tertiary/aromatic N) is 1. The van der Waals surface area contributed by atoms with E-state index in [9.17, 15) is 19.0 Å². The van der Waals surface area contributed by atoms with Crippen molar-refractivity contribution in [1.82, 2.24) is 5.32 Å². The number of amides is 1. The number of unbranched alkanes of at least 4 members (excludes halogenated alkanes) is 53. The number of rotatable bonds is 73. The summed E-state index contributed by atoms with van der Waals surface area (Å²) in [5.74, 6) is -0.481. The Hall–Kier alpha value is -1.77. The smallest absolute Gasteiger partial charge is 0.456 e. The molecule has 0 rings (SSSR count). The molecule has 9 nitrogen and oxygen atoms in total. The average Bonchev–Trinajstić information content (AvgIpc) is 3.62. The first-order valence-corrected chi connectivity index (χ1v) is 40.8. The highest BCUT2D eigenvalue weighted by Crippen LogP contribution is 2.43. The molecule has 3 atom stereocenters. The van der Waals surface area contributed by atoms with Crippen molar-refractivity contribution in [2.75, 3.05) is 40.9 Å². The highest BCUT2D eigenvalue weighted by atomic mass is 31.2. The van der Waals surface area contributed by atoms with Crippen LogP contribution >= 0.6 is 7.82 Å². The molecule has 0 saturated carbocycles. The van der Waals surface area contributed by atoms with E-state index in [1.807, 2.05) is 27.2 Å². The Kier molecular flexibility index (Phi) is 67.7. The Morgan fingerprint density at radius 1 is 0.393 bits per heavy atom. The minimum Gasteiger partial charge on any atom is -0.456 e. The van der Waals surface area contributed by atoms with E-state index in [1.54, 1.807) is 0 Å². The molecule has 0 spiro atoms. The Labute approximate surface area is 555 Å². The summed E-state index contributed by atoms with van der Waals surface area (Å²) in [6, 6.07) is -0.845. The lowest BCUT2D eigenvalue weighted by molar-refractivity contribution is -0.870. The van der Waals surface area contributed by atoms with Crippen LogP contribution in [0.25, 0.3) is 0 Å². The molecule has 0 bridgehead atoms. The van der Waals surface area contributed by atoms with E-state index in [-0.39, 0.29) is 25.1 Å². The fourth-order valence-electron chi connectivity index (χ4n) is 12.0. The fraction of sp³-hybridized carbons (Fsp3) is 0.899. The predicted octanol–water partition coefficient (Wildman–Crippen LogP) is 25.4. The van der Waals surface area contributed by atoms with Crippen LogP contribution in [0.1, 0.15) is 406 Å². The van der Waals surface area contributed by atoms with Crippen molar-refractivity contribution in [3.63, 3.8) is 0 Å². The summed E-state index contributed by atoms with van der Waals surface area (Å²) in [4.78, 5) is 38.0. The Balaban J connectivity index is 4.85. The summed E-state index contributed by atoms with van der Waals surface area (Å²) in [7, 11) is 1.52. The Morgan fingerprint density at radius 3 is 1.03 bits per heavy atom. The number of likely N-dealkylation sites (N-methyl/N-ethyl adjacent to an activating group) is 1. The Bertz CT molecular complexity index is 1610. The van der Waals surface area contributed by atoms with Gasteiger partial charge < -0.3 is 19.4 Å². The fourth-order valence-corrected chi connectivity index (χ4v) is 12.8. The summed E-state index contributed by atoms with van der Waals surface area (Å²) in [5, 5.41) is 3.08. The van der Waals surface area contributed by atoms with Crippen LogP contribution in [0.5, 0.6) is 0 Å². The summed E-state index contributed by atoms with van der Waals surface area (Å²) in [6.07, 6.45) is 87.6. The van der Waals surface area contributed by atoms with Gasteiger partial charge in [0.1, 0.15) is 19.3 Å². The van der Waals surface area contributed by atoms with Gasteiger partial charge in [0.15, 0.2) is 0 Å². The number of esters is 1. The third-order valence-electron chi connectivity index (χ3n) is 18.1. The van der Waals surface area contributed by atoms with Crippen molar-refractivity contribution in [2.45, 2.75) is 418 Å². The first-order valence-electron chi connectivity index (χ1n) is 39.3. The van der Waals surface area contributed by atoms with Crippen LogP contribution in [0.3, 0.4) is 0 Å². The molecule has 0 aromatic rings. The minimum atomic E-state index is -4.45. The van der Waals surface area contributed by atoms with Gasteiger partial charge in [0, 0.05) is 12.8 Å². The largest absolute Gasteiger partial charge is 0.472 e. The van der Waals surface area contributed by atoms with E-state index in [0.29, 0.717) is 23.9 Å². The van der Waals surface area contributed by atoms with Gasteiger partial charge in [-0.15, -0.1) is 0 Å². The maximum Gasteiger partial charge on any atom is 0.472 e. The molecule has 0 aromatic carbocycles. The number of phosphoric ester groups is 1. The molecule has 526 valence electrons. The lowest BCUT2D eigenvalue weighted by Gasteiger charge is -2.27.